The minimum atomic E-state index is 0.444. The standard InChI is InChI=1S/C15H14ClN5/c16-13-8-12(17-9-10-4-2-1-3-5-10)15-19-18-14(11-6-7-11)21(15)20-13/h1-5,8,11,17H,6-7,9H2. The number of benzene rings is 1. The Morgan fingerprint density at radius 3 is 2.76 bits per heavy atom. The summed E-state index contributed by atoms with van der Waals surface area (Å²) >= 11 is 6.13. The topological polar surface area (TPSA) is 55.1 Å². The van der Waals surface area contributed by atoms with Crippen LogP contribution in [0.1, 0.15) is 30.1 Å². The molecule has 3 aromatic rings. The SMILES string of the molecule is Clc1cc(NCc2ccccc2)c2nnc(C3CC3)n2n1. The highest BCUT2D eigenvalue weighted by atomic mass is 35.5. The predicted octanol–water partition coefficient (Wildman–Crippen LogP) is 3.27. The molecule has 1 aliphatic carbocycles. The Hall–Kier alpha value is -2.14. The summed E-state index contributed by atoms with van der Waals surface area (Å²) in [7, 11) is 0. The molecule has 2 aromatic heterocycles. The van der Waals surface area contributed by atoms with Crippen molar-refractivity contribution in [3.05, 3.63) is 52.9 Å². The molecule has 6 heteroatoms. The van der Waals surface area contributed by atoms with Crippen LogP contribution in [-0.4, -0.2) is 19.8 Å². The quantitative estimate of drug-likeness (QED) is 0.803. The van der Waals surface area contributed by atoms with E-state index < -0.39 is 0 Å². The average molecular weight is 300 g/mol. The van der Waals surface area contributed by atoms with Crippen LogP contribution in [0.4, 0.5) is 5.69 Å². The van der Waals surface area contributed by atoms with Gasteiger partial charge in [0.25, 0.3) is 0 Å². The molecule has 0 unspecified atom stereocenters. The number of nitrogens with one attached hydrogen (secondary N) is 1. The van der Waals surface area contributed by atoms with Crippen molar-refractivity contribution in [3.63, 3.8) is 0 Å². The number of halogens is 1. The van der Waals surface area contributed by atoms with E-state index in [0.29, 0.717) is 17.6 Å². The van der Waals surface area contributed by atoms with E-state index in [9.17, 15) is 0 Å². The monoisotopic (exact) mass is 299 g/mol. The molecule has 2 heterocycles. The third-order valence-corrected chi connectivity index (χ3v) is 3.82. The zero-order valence-corrected chi connectivity index (χ0v) is 12.1. The van der Waals surface area contributed by atoms with Gasteiger partial charge in [-0.2, -0.15) is 9.61 Å². The van der Waals surface area contributed by atoms with Crippen LogP contribution in [0.15, 0.2) is 36.4 Å². The van der Waals surface area contributed by atoms with E-state index in [1.54, 1.807) is 10.6 Å². The van der Waals surface area contributed by atoms with E-state index >= 15 is 0 Å². The molecule has 21 heavy (non-hydrogen) atoms. The fourth-order valence-corrected chi connectivity index (χ4v) is 2.57. The van der Waals surface area contributed by atoms with E-state index in [2.05, 4.69) is 32.7 Å². The van der Waals surface area contributed by atoms with E-state index in [4.69, 9.17) is 11.6 Å². The molecule has 0 bridgehead atoms. The minimum Gasteiger partial charge on any atom is -0.378 e. The highest BCUT2D eigenvalue weighted by molar-refractivity contribution is 6.29. The summed E-state index contributed by atoms with van der Waals surface area (Å²) in [5.41, 5.74) is 2.79. The van der Waals surface area contributed by atoms with Crippen LogP contribution < -0.4 is 5.32 Å². The molecule has 1 aliphatic rings. The maximum atomic E-state index is 6.13. The zero-order chi connectivity index (χ0) is 14.2. The second-order valence-electron chi connectivity index (χ2n) is 5.29. The Morgan fingerprint density at radius 2 is 2.00 bits per heavy atom. The predicted molar refractivity (Wildman–Crippen MR) is 81.5 cm³/mol. The average Bonchev–Trinajstić information content (AvgIpc) is 3.26. The molecule has 4 rings (SSSR count). The number of aromatic nitrogens is 4. The fourth-order valence-electron chi connectivity index (χ4n) is 2.39. The van der Waals surface area contributed by atoms with Crippen molar-refractivity contribution < 1.29 is 0 Å². The Morgan fingerprint density at radius 1 is 1.19 bits per heavy atom. The first-order chi connectivity index (χ1) is 10.3. The molecule has 5 nitrogen and oxygen atoms in total. The van der Waals surface area contributed by atoms with Crippen LogP contribution in [0.25, 0.3) is 5.65 Å². The Kier molecular flexibility index (Phi) is 3.00. The first-order valence-corrected chi connectivity index (χ1v) is 7.39. The number of hydrogen-bond donors (Lipinski definition) is 1. The summed E-state index contributed by atoms with van der Waals surface area (Å²) < 4.78 is 1.77. The summed E-state index contributed by atoms with van der Waals surface area (Å²) in [4.78, 5) is 0. The van der Waals surface area contributed by atoms with Crippen LogP contribution in [0.3, 0.4) is 0 Å². The van der Waals surface area contributed by atoms with Crippen molar-refractivity contribution in [1.29, 1.82) is 0 Å². The summed E-state index contributed by atoms with van der Waals surface area (Å²) in [5, 5.41) is 16.7. The zero-order valence-electron chi connectivity index (χ0n) is 11.3. The lowest BCUT2D eigenvalue weighted by Gasteiger charge is -2.08. The highest BCUT2D eigenvalue weighted by Gasteiger charge is 2.29. The Balaban J connectivity index is 1.68. The van der Waals surface area contributed by atoms with Gasteiger partial charge in [0.15, 0.2) is 11.0 Å². The number of rotatable bonds is 4. The lowest BCUT2D eigenvalue weighted by Crippen LogP contribution is -2.04. The van der Waals surface area contributed by atoms with Crippen molar-refractivity contribution in [2.24, 2.45) is 0 Å². The molecule has 0 amide bonds. The van der Waals surface area contributed by atoms with Crippen molar-refractivity contribution in [1.82, 2.24) is 19.8 Å². The molecular formula is C15H14ClN5. The smallest absolute Gasteiger partial charge is 0.201 e. The summed E-state index contributed by atoms with van der Waals surface area (Å²) in [6.45, 7) is 0.711. The second-order valence-corrected chi connectivity index (χ2v) is 5.68. The molecule has 0 radical (unpaired) electrons. The summed E-state index contributed by atoms with van der Waals surface area (Å²) in [5.74, 6) is 1.39. The van der Waals surface area contributed by atoms with Crippen LogP contribution in [0, 0.1) is 0 Å². The summed E-state index contributed by atoms with van der Waals surface area (Å²) in [6.07, 6.45) is 2.31. The fraction of sp³-hybridized carbons (Fsp3) is 0.267. The second kappa shape index (κ2) is 5.00. The van der Waals surface area contributed by atoms with Gasteiger partial charge in [-0.05, 0) is 18.4 Å². The van der Waals surface area contributed by atoms with Crippen molar-refractivity contribution in [2.75, 3.05) is 5.32 Å². The van der Waals surface area contributed by atoms with Crippen molar-refractivity contribution >= 4 is 22.9 Å². The van der Waals surface area contributed by atoms with E-state index in [1.165, 1.54) is 5.56 Å². The summed E-state index contributed by atoms with van der Waals surface area (Å²) in [6, 6.07) is 12.0. The first kappa shape index (κ1) is 12.6. The van der Waals surface area contributed by atoms with Crippen LogP contribution in [0.5, 0.6) is 0 Å². The maximum Gasteiger partial charge on any atom is 0.201 e. The van der Waals surface area contributed by atoms with Crippen LogP contribution >= 0.6 is 11.6 Å². The first-order valence-electron chi connectivity index (χ1n) is 7.01. The lowest BCUT2D eigenvalue weighted by atomic mass is 10.2. The third kappa shape index (κ3) is 2.45. The molecule has 106 valence electrons. The van der Waals surface area contributed by atoms with Crippen molar-refractivity contribution in [2.45, 2.75) is 25.3 Å². The minimum absolute atomic E-state index is 0.444. The van der Waals surface area contributed by atoms with Crippen LogP contribution in [-0.2, 0) is 6.54 Å². The van der Waals surface area contributed by atoms with E-state index in [0.717, 1.165) is 30.0 Å². The molecule has 0 atom stereocenters. The molecule has 1 aromatic carbocycles. The number of nitrogens with zero attached hydrogens (tertiary/aromatic N) is 4. The molecule has 1 N–H and O–H groups in total. The molecule has 0 saturated heterocycles. The van der Waals surface area contributed by atoms with Gasteiger partial charge in [0.05, 0.1) is 5.69 Å². The number of hydrogen-bond acceptors (Lipinski definition) is 4. The Labute approximate surface area is 127 Å². The van der Waals surface area contributed by atoms with Gasteiger partial charge < -0.3 is 5.32 Å². The molecular weight excluding hydrogens is 286 g/mol. The van der Waals surface area contributed by atoms with Gasteiger partial charge in [0, 0.05) is 18.5 Å². The van der Waals surface area contributed by atoms with Crippen molar-refractivity contribution in [3.8, 4) is 0 Å². The third-order valence-electron chi connectivity index (χ3n) is 3.63. The lowest BCUT2D eigenvalue weighted by molar-refractivity contribution is 0.815. The van der Waals surface area contributed by atoms with Crippen LogP contribution in [0.2, 0.25) is 5.15 Å². The maximum absolute atomic E-state index is 6.13. The molecule has 1 saturated carbocycles. The van der Waals surface area contributed by atoms with E-state index in [-0.39, 0.29) is 0 Å². The van der Waals surface area contributed by atoms with Gasteiger partial charge in [-0.25, -0.2) is 0 Å². The van der Waals surface area contributed by atoms with Gasteiger partial charge in [-0.1, -0.05) is 41.9 Å². The normalized spacial score (nSPS) is 14.5. The van der Waals surface area contributed by atoms with Gasteiger partial charge in [0.2, 0.25) is 5.65 Å². The largest absolute Gasteiger partial charge is 0.378 e. The molecule has 0 spiro atoms. The van der Waals surface area contributed by atoms with Gasteiger partial charge >= 0.3 is 0 Å². The Bertz CT molecular complexity index is 779. The van der Waals surface area contributed by atoms with E-state index in [1.807, 2.05) is 18.2 Å². The van der Waals surface area contributed by atoms with Gasteiger partial charge in [-0.15, -0.1) is 10.2 Å². The number of fused-ring (bicyclic) bond motifs is 1. The molecule has 1 fully saturated rings. The number of anilines is 1. The molecule has 0 aliphatic heterocycles. The van der Waals surface area contributed by atoms with Gasteiger partial charge in [0.1, 0.15) is 0 Å². The highest BCUT2D eigenvalue weighted by Crippen LogP contribution is 2.39. The van der Waals surface area contributed by atoms with Gasteiger partial charge in [-0.3, -0.25) is 0 Å².